The smallest absolute Gasteiger partial charge is 0.261 e. The molecule has 27 heavy (non-hydrogen) atoms. The molecule has 0 saturated heterocycles. The first-order valence-electron chi connectivity index (χ1n) is 9.01. The summed E-state index contributed by atoms with van der Waals surface area (Å²) < 4.78 is 14.5. The summed E-state index contributed by atoms with van der Waals surface area (Å²) in [5.41, 5.74) is 2.25. The lowest BCUT2D eigenvalue weighted by atomic mass is 10.1. The van der Waals surface area contributed by atoms with Crippen LogP contribution in [0.2, 0.25) is 0 Å². The average Bonchev–Trinajstić information content (AvgIpc) is 3.49. The van der Waals surface area contributed by atoms with E-state index in [0.29, 0.717) is 17.4 Å². The van der Waals surface area contributed by atoms with E-state index in [1.165, 1.54) is 23.0 Å². The van der Waals surface area contributed by atoms with Crippen LogP contribution in [0.5, 0.6) is 0 Å². The number of carbonyl (C=O) groups is 1. The Morgan fingerprint density at radius 1 is 1.22 bits per heavy atom. The van der Waals surface area contributed by atoms with Gasteiger partial charge in [0.1, 0.15) is 12.4 Å². The predicted octanol–water partition coefficient (Wildman–Crippen LogP) is 3.04. The highest BCUT2D eigenvalue weighted by Crippen LogP contribution is 2.28. The Morgan fingerprint density at radius 3 is 2.67 bits per heavy atom. The predicted molar refractivity (Wildman–Crippen MR) is 101 cm³/mol. The number of benzene rings is 2. The molecular weight excluding hydrogens is 345 g/mol. The second-order valence-electron chi connectivity index (χ2n) is 7.03. The number of hydrogen-bond donors (Lipinski definition) is 0. The Morgan fingerprint density at radius 2 is 1.96 bits per heavy atom. The summed E-state index contributed by atoms with van der Waals surface area (Å²) in [6, 6.07) is 11.8. The van der Waals surface area contributed by atoms with Gasteiger partial charge in [0.15, 0.2) is 0 Å². The third-order valence-corrected chi connectivity index (χ3v) is 4.94. The van der Waals surface area contributed by atoms with Crippen LogP contribution in [0.25, 0.3) is 10.9 Å². The van der Waals surface area contributed by atoms with Crippen molar-refractivity contribution in [3.8, 4) is 0 Å². The Balaban J connectivity index is 1.58. The van der Waals surface area contributed by atoms with Crippen molar-refractivity contribution in [2.75, 3.05) is 0 Å². The molecule has 1 saturated carbocycles. The maximum atomic E-state index is 13.1. The van der Waals surface area contributed by atoms with Crippen LogP contribution in [0.3, 0.4) is 0 Å². The number of carbonyl (C=O) groups excluding carboxylic acids is 1. The molecule has 1 aliphatic rings. The number of halogens is 1. The van der Waals surface area contributed by atoms with E-state index in [0.717, 1.165) is 24.0 Å². The molecule has 138 valence electrons. The number of rotatable bonds is 5. The van der Waals surface area contributed by atoms with Crippen molar-refractivity contribution in [2.24, 2.45) is 0 Å². The first-order chi connectivity index (χ1) is 13.0. The minimum absolute atomic E-state index is 0.0482. The second kappa shape index (κ2) is 6.95. The Hall–Kier alpha value is -3.02. The lowest BCUT2D eigenvalue weighted by Crippen LogP contribution is -2.37. The zero-order valence-corrected chi connectivity index (χ0v) is 15.1. The van der Waals surface area contributed by atoms with Gasteiger partial charge in [-0.15, -0.1) is 0 Å². The number of amides is 1. The molecule has 2 aromatic carbocycles. The van der Waals surface area contributed by atoms with Crippen LogP contribution in [0.15, 0.2) is 53.6 Å². The van der Waals surface area contributed by atoms with Crippen molar-refractivity contribution in [3.05, 3.63) is 76.1 Å². The fourth-order valence-corrected chi connectivity index (χ4v) is 3.28. The minimum Gasteiger partial charge on any atom is -0.334 e. The van der Waals surface area contributed by atoms with Crippen LogP contribution >= 0.6 is 0 Å². The maximum Gasteiger partial charge on any atom is 0.261 e. The molecule has 4 rings (SSSR count). The van der Waals surface area contributed by atoms with E-state index in [1.807, 2.05) is 19.1 Å². The minimum atomic E-state index is -0.299. The van der Waals surface area contributed by atoms with Gasteiger partial charge in [-0.05, 0) is 49.1 Å². The van der Waals surface area contributed by atoms with Crippen LogP contribution < -0.4 is 5.56 Å². The van der Waals surface area contributed by atoms with Crippen molar-refractivity contribution in [3.63, 3.8) is 0 Å². The fraction of sp³-hybridized carbons (Fsp3) is 0.286. The van der Waals surface area contributed by atoms with Gasteiger partial charge in [0.2, 0.25) is 5.91 Å². The highest BCUT2D eigenvalue weighted by Gasteiger charge is 2.32. The standard InChI is InChI=1S/C21H20FN3O2/c1-14-3-2-4-18-20(14)23-13-24(21(18)27)12-19(26)25(17-9-10-17)11-15-5-7-16(22)8-6-15/h2-8,13,17H,9-12H2,1H3. The summed E-state index contributed by atoms with van der Waals surface area (Å²) in [7, 11) is 0. The average molecular weight is 365 g/mol. The normalized spacial score (nSPS) is 13.7. The molecule has 1 aliphatic carbocycles. The van der Waals surface area contributed by atoms with Crippen molar-refractivity contribution < 1.29 is 9.18 Å². The number of para-hydroxylation sites is 1. The summed E-state index contributed by atoms with van der Waals surface area (Å²) in [6.07, 6.45) is 3.35. The molecule has 1 heterocycles. The summed E-state index contributed by atoms with van der Waals surface area (Å²) in [5.74, 6) is -0.426. The van der Waals surface area contributed by atoms with Gasteiger partial charge in [0.25, 0.3) is 5.56 Å². The van der Waals surface area contributed by atoms with E-state index in [4.69, 9.17) is 0 Å². The largest absolute Gasteiger partial charge is 0.334 e. The Labute approximate surface area is 156 Å². The van der Waals surface area contributed by atoms with Crippen molar-refractivity contribution in [2.45, 2.75) is 38.9 Å². The van der Waals surface area contributed by atoms with Gasteiger partial charge in [-0.25, -0.2) is 9.37 Å². The van der Waals surface area contributed by atoms with Gasteiger partial charge in [0, 0.05) is 12.6 Å². The van der Waals surface area contributed by atoms with Gasteiger partial charge in [-0.3, -0.25) is 14.2 Å². The van der Waals surface area contributed by atoms with Crippen LogP contribution in [0.4, 0.5) is 4.39 Å². The van der Waals surface area contributed by atoms with E-state index in [-0.39, 0.29) is 29.9 Å². The number of nitrogens with zero attached hydrogens (tertiary/aromatic N) is 3. The quantitative estimate of drug-likeness (QED) is 0.698. The molecule has 1 aromatic heterocycles. The highest BCUT2D eigenvalue weighted by atomic mass is 19.1. The molecule has 6 heteroatoms. The Kier molecular flexibility index (Phi) is 4.48. The van der Waals surface area contributed by atoms with Crippen molar-refractivity contribution in [1.82, 2.24) is 14.5 Å². The lowest BCUT2D eigenvalue weighted by Gasteiger charge is -2.23. The SMILES string of the molecule is Cc1cccc2c(=O)n(CC(=O)N(Cc3ccc(F)cc3)C3CC3)cnc12. The maximum absolute atomic E-state index is 13.1. The van der Waals surface area contributed by atoms with E-state index in [9.17, 15) is 14.0 Å². The number of aromatic nitrogens is 2. The van der Waals surface area contributed by atoms with Crippen LogP contribution in [-0.4, -0.2) is 26.4 Å². The molecule has 0 N–H and O–H groups in total. The van der Waals surface area contributed by atoms with E-state index in [2.05, 4.69) is 4.98 Å². The monoisotopic (exact) mass is 365 g/mol. The van der Waals surface area contributed by atoms with Crippen molar-refractivity contribution >= 4 is 16.8 Å². The van der Waals surface area contributed by atoms with Crippen LogP contribution in [0, 0.1) is 12.7 Å². The molecule has 0 radical (unpaired) electrons. The third-order valence-electron chi connectivity index (χ3n) is 4.94. The first-order valence-corrected chi connectivity index (χ1v) is 9.01. The molecule has 3 aromatic rings. The molecule has 0 aliphatic heterocycles. The number of fused-ring (bicyclic) bond motifs is 1. The van der Waals surface area contributed by atoms with Gasteiger partial charge >= 0.3 is 0 Å². The zero-order chi connectivity index (χ0) is 19.0. The molecule has 0 atom stereocenters. The molecule has 0 unspecified atom stereocenters. The second-order valence-corrected chi connectivity index (χ2v) is 7.03. The van der Waals surface area contributed by atoms with Gasteiger partial charge in [0.05, 0.1) is 17.2 Å². The van der Waals surface area contributed by atoms with Crippen molar-refractivity contribution in [1.29, 1.82) is 0 Å². The summed E-state index contributed by atoms with van der Waals surface area (Å²) in [5, 5.41) is 0.516. The lowest BCUT2D eigenvalue weighted by molar-refractivity contribution is -0.133. The fourth-order valence-electron chi connectivity index (χ4n) is 3.28. The summed E-state index contributed by atoms with van der Waals surface area (Å²) >= 11 is 0. The highest BCUT2D eigenvalue weighted by molar-refractivity contribution is 5.81. The van der Waals surface area contributed by atoms with Crippen LogP contribution in [0.1, 0.15) is 24.0 Å². The third kappa shape index (κ3) is 3.60. The Bertz CT molecular complexity index is 1060. The number of hydrogen-bond acceptors (Lipinski definition) is 3. The molecule has 1 amide bonds. The van der Waals surface area contributed by atoms with Gasteiger partial charge in [-0.2, -0.15) is 0 Å². The molecule has 0 bridgehead atoms. The van der Waals surface area contributed by atoms with Gasteiger partial charge in [-0.1, -0.05) is 24.3 Å². The van der Waals surface area contributed by atoms with Crippen LogP contribution in [-0.2, 0) is 17.9 Å². The van der Waals surface area contributed by atoms with Gasteiger partial charge < -0.3 is 4.90 Å². The molecular formula is C21H20FN3O2. The molecule has 1 fully saturated rings. The van der Waals surface area contributed by atoms with E-state index < -0.39 is 0 Å². The molecule has 5 nitrogen and oxygen atoms in total. The topological polar surface area (TPSA) is 55.2 Å². The number of aryl methyl sites for hydroxylation is 1. The molecule has 0 spiro atoms. The zero-order valence-electron chi connectivity index (χ0n) is 15.1. The summed E-state index contributed by atoms with van der Waals surface area (Å²) in [6.45, 7) is 2.27. The first kappa shape index (κ1) is 17.4. The summed E-state index contributed by atoms with van der Waals surface area (Å²) in [4.78, 5) is 31.8. The van der Waals surface area contributed by atoms with E-state index >= 15 is 0 Å². The van der Waals surface area contributed by atoms with E-state index in [1.54, 1.807) is 23.1 Å².